The largest absolute Gasteiger partial charge is 0.381 e. The van der Waals surface area contributed by atoms with E-state index in [0.717, 1.165) is 28.1 Å². The molecule has 0 unspecified atom stereocenters. The highest BCUT2D eigenvalue weighted by atomic mass is 16.2. The molecule has 0 saturated heterocycles. The van der Waals surface area contributed by atoms with Gasteiger partial charge in [-0.15, -0.1) is 0 Å². The summed E-state index contributed by atoms with van der Waals surface area (Å²) in [4.78, 5) is 26.5. The standard InChI is InChI=1S/C24H25N5O/c1-16-12-21-22(13-17(16)2)28-23(27-21)15-29(3)24(30)19-4-6-20(7-5-19)26-14-18-8-10-25-11-9-18/h4-13,26H,14-15H2,1-3H3,(H,27,28). The normalized spacial score (nSPS) is 10.9. The third-order valence-electron chi connectivity index (χ3n) is 5.26. The minimum absolute atomic E-state index is 0.0384. The number of pyridine rings is 1. The van der Waals surface area contributed by atoms with Crippen LogP contribution in [0, 0.1) is 13.8 Å². The first-order valence-corrected chi connectivity index (χ1v) is 9.94. The van der Waals surface area contributed by atoms with E-state index in [9.17, 15) is 4.79 Å². The van der Waals surface area contributed by atoms with Crippen LogP contribution in [0.1, 0.15) is 32.9 Å². The predicted octanol–water partition coefficient (Wildman–Crippen LogP) is 4.46. The van der Waals surface area contributed by atoms with Gasteiger partial charge >= 0.3 is 0 Å². The summed E-state index contributed by atoms with van der Waals surface area (Å²) in [6.07, 6.45) is 3.55. The van der Waals surface area contributed by atoms with Crippen molar-refractivity contribution in [2.45, 2.75) is 26.9 Å². The Morgan fingerprint density at radius 2 is 1.73 bits per heavy atom. The summed E-state index contributed by atoms with van der Waals surface area (Å²) in [5, 5.41) is 3.35. The monoisotopic (exact) mass is 399 g/mol. The molecule has 6 heteroatoms. The van der Waals surface area contributed by atoms with Crippen molar-refractivity contribution in [3.8, 4) is 0 Å². The van der Waals surface area contributed by atoms with Crippen LogP contribution < -0.4 is 5.32 Å². The number of nitrogens with one attached hydrogen (secondary N) is 2. The Morgan fingerprint density at radius 1 is 1.03 bits per heavy atom. The lowest BCUT2D eigenvalue weighted by atomic mass is 10.1. The number of hydrogen-bond acceptors (Lipinski definition) is 4. The molecule has 2 aromatic heterocycles. The molecule has 0 saturated carbocycles. The smallest absolute Gasteiger partial charge is 0.254 e. The van der Waals surface area contributed by atoms with E-state index in [1.165, 1.54) is 11.1 Å². The number of nitrogens with zero attached hydrogens (tertiary/aromatic N) is 3. The second kappa shape index (κ2) is 8.37. The molecule has 0 atom stereocenters. The number of rotatable bonds is 6. The van der Waals surface area contributed by atoms with E-state index in [4.69, 9.17) is 0 Å². The molecule has 0 fully saturated rings. The second-order valence-corrected chi connectivity index (χ2v) is 7.58. The molecule has 6 nitrogen and oxygen atoms in total. The Balaban J connectivity index is 1.40. The second-order valence-electron chi connectivity index (χ2n) is 7.58. The number of benzene rings is 2. The van der Waals surface area contributed by atoms with Crippen molar-refractivity contribution in [3.05, 3.63) is 89.0 Å². The van der Waals surface area contributed by atoms with Gasteiger partial charge in [0.1, 0.15) is 5.82 Å². The van der Waals surface area contributed by atoms with Crippen molar-refractivity contribution in [2.75, 3.05) is 12.4 Å². The van der Waals surface area contributed by atoms with Gasteiger partial charge in [-0.2, -0.15) is 0 Å². The van der Waals surface area contributed by atoms with Gasteiger partial charge in [0.25, 0.3) is 5.91 Å². The first-order chi connectivity index (χ1) is 14.5. The molecule has 4 aromatic rings. The summed E-state index contributed by atoms with van der Waals surface area (Å²) >= 11 is 0. The molecule has 0 bridgehead atoms. The summed E-state index contributed by atoms with van der Waals surface area (Å²) in [6.45, 7) is 5.29. The quantitative estimate of drug-likeness (QED) is 0.502. The van der Waals surface area contributed by atoms with Gasteiger partial charge in [0.15, 0.2) is 0 Å². The molecule has 2 aromatic carbocycles. The number of anilines is 1. The number of imidazole rings is 1. The van der Waals surface area contributed by atoms with Gasteiger partial charge in [-0.25, -0.2) is 4.98 Å². The fourth-order valence-corrected chi connectivity index (χ4v) is 3.35. The molecule has 1 amide bonds. The molecule has 0 aliphatic carbocycles. The van der Waals surface area contributed by atoms with E-state index in [1.807, 2.05) is 36.4 Å². The van der Waals surface area contributed by atoms with E-state index in [-0.39, 0.29) is 5.91 Å². The number of carbonyl (C=O) groups excluding carboxylic acids is 1. The molecule has 0 aliphatic rings. The van der Waals surface area contributed by atoms with E-state index in [0.29, 0.717) is 18.7 Å². The van der Waals surface area contributed by atoms with Crippen molar-refractivity contribution < 1.29 is 4.79 Å². The average molecular weight is 399 g/mol. The Kier molecular flexibility index (Phi) is 5.48. The predicted molar refractivity (Wildman–Crippen MR) is 119 cm³/mol. The lowest BCUT2D eigenvalue weighted by Crippen LogP contribution is -2.26. The lowest BCUT2D eigenvalue weighted by molar-refractivity contribution is 0.0782. The highest BCUT2D eigenvalue weighted by Gasteiger charge is 2.14. The van der Waals surface area contributed by atoms with Crippen LogP contribution in [0.4, 0.5) is 5.69 Å². The topological polar surface area (TPSA) is 73.9 Å². The van der Waals surface area contributed by atoms with Gasteiger partial charge in [-0.05, 0) is 79.1 Å². The first kappa shape index (κ1) is 19.6. The molecule has 0 aliphatic heterocycles. The van der Waals surface area contributed by atoms with Gasteiger partial charge in [-0.3, -0.25) is 9.78 Å². The maximum absolute atomic E-state index is 12.8. The Bertz CT molecular complexity index is 1130. The maximum Gasteiger partial charge on any atom is 0.254 e. The van der Waals surface area contributed by atoms with Crippen molar-refractivity contribution in [2.24, 2.45) is 0 Å². The average Bonchev–Trinajstić information content (AvgIpc) is 3.14. The maximum atomic E-state index is 12.8. The van der Waals surface area contributed by atoms with Crippen LogP contribution in [-0.4, -0.2) is 32.8 Å². The molecule has 4 rings (SSSR count). The van der Waals surface area contributed by atoms with Crippen LogP contribution in [0.25, 0.3) is 11.0 Å². The van der Waals surface area contributed by atoms with Crippen LogP contribution in [0.2, 0.25) is 0 Å². The fourth-order valence-electron chi connectivity index (χ4n) is 3.35. The summed E-state index contributed by atoms with van der Waals surface area (Å²) < 4.78 is 0. The third kappa shape index (κ3) is 4.33. The summed E-state index contributed by atoms with van der Waals surface area (Å²) in [5.74, 6) is 0.741. The Morgan fingerprint density at radius 3 is 2.47 bits per heavy atom. The van der Waals surface area contributed by atoms with E-state index < -0.39 is 0 Å². The summed E-state index contributed by atoms with van der Waals surface area (Å²) in [7, 11) is 1.79. The molecule has 0 radical (unpaired) electrons. The van der Waals surface area contributed by atoms with Crippen molar-refractivity contribution in [1.82, 2.24) is 19.9 Å². The number of fused-ring (bicyclic) bond motifs is 1. The molecular formula is C24H25N5O. The lowest BCUT2D eigenvalue weighted by Gasteiger charge is -2.16. The number of carbonyl (C=O) groups is 1. The Labute approximate surface area is 176 Å². The van der Waals surface area contributed by atoms with Crippen molar-refractivity contribution in [1.29, 1.82) is 0 Å². The third-order valence-corrected chi connectivity index (χ3v) is 5.26. The number of H-pyrrole nitrogens is 1. The molecule has 152 valence electrons. The fraction of sp³-hybridized carbons (Fsp3) is 0.208. The van der Waals surface area contributed by atoms with Crippen molar-refractivity contribution >= 4 is 22.6 Å². The highest BCUT2D eigenvalue weighted by molar-refractivity contribution is 5.94. The Hall–Kier alpha value is -3.67. The molecule has 2 N–H and O–H groups in total. The van der Waals surface area contributed by atoms with Crippen LogP contribution in [0.3, 0.4) is 0 Å². The number of aromatic nitrogens is 3. The molecular weight excluding hydrogens is 374 g/mol. The van der Waals surface area contributed by atoms with E-state index in [2.05, 4.69) is 46.2 Å². The summed E-state index contributed by atoms with van der Waals surface area (Å²) in [5.41, 5.74) is 7.13. The number of hydrogen-bond donors (Lipinski definition) is 2. The zero-order valence-electron chi connectivity index (χ0n) is 17.4. The van der Waals surface area contributed by atoms with Crippen LogP contribution in [0.15, 0.2) is 60.9 Å². The minimum Gasteiger partial charge on any atom is -0.381 e. The molecule has 2 heterocycles. The van der Waals surface area contributed by atoms with E-state index >= 15 is 0 Å². The van der Waals surface area contributed by atoms with Crippen LogP contribution >= 0.6 is 0 Å². The van der Waals surface area contributed by atoms with Crippen molar-refractivity contribution in [3.63, 3.8) is 0 Å². The van der Waals surface area contributed by atoms with Crippen LogP contribution in [0.5, 0.6) is 0 Å². The van der Waals surface area contributed by atoms with Gasteiger partial charge in [0.2, 0.25) is 0 Å². The zero-order valence-corrected chi connectivity index (χ0v) is 17.4. The van der Waals surface area contributed by atoms with Gasteiger partial charge in [-0.1, -0.05) is 0 Å². The van der Waals surface area contributed by atoms with Crippen LogP contribution in [-0.2, 0) is 13.1 Å². The van der Waals surface area contributed by atoms with Gasteiger partial charge in [0.05, 0.1) is 17.6 Å². The number of amides is 1. The minimum atomic E-state index is -0.0384. The summed E-state index contributed by atoms with van der Waals surface area (Å²) in [6, 6.07) is 15.7. The number of aryl methyl sites for hydroxylation is 2. The zero-order chi connectivity index (χ0) is 21.1. The molecule has 30 heavy (non-hydrogen) atoms. The molecule has 0 spiro atoms. The highest BCUT2D eigenvalue weighted by Crippen LogP contribution is 2.18. The number of aromatic amines is 1. The van der Waals surface area contributed by atoms with E-state index in [1.54, 1.807) is 24.3 Å². The SMILES string of the molecule is Cc1cc2nc(CN(C)C(=O)c3ccc(NCc4ccncc4)cc3)[nH]c2cc1C. The first-order valence-electron chi connectivity index (χ1n) is 9.94. The van der Waals surface area contributed by atoms with Gasteiger partial charge in [0, 0.05) is 37.2 Å². The van der Waals surface area contributed by atoms with Gasteiger partial charge < -0.3 is 15.2 Å².